The SMILES string of the molecule is CC(C)(Cc1cccc(Cl)c1)C(=O)NCCCCCC(=O)O. The van der Waals surface area contributed by atoms with Crippen LogP contribution in [0.2, 0.25) is 5.02 Å². The van der Waals surface area contributed by atoms with Crippen molar-refractivity contribution in [2.75, 3.05) is 6.54 Å². The summed E-state index contributed by atoms with van der Waals surface area (Å²) in [6.07, 6.45) is 3.07. The fraction of sp³-hybridized carbons (Fsp3) is 0.529. The standard InChI is InChI=1S/C17H24ClNO3/c1-17(2,12-13-7-6-8-14(18)11-13)16(22)19-10-5-3-4-9-15(20)21/h6-8,11H,3-5,9-10,12H2,1-2H3,(H,19,22)(H,20,21). The summed E-state index contributed by atoms with van der Waals surface area (Å²) in [6, 6.07) is 7.54. The molecule has 1 amide bonds. The fourth-order valence-electron chi connectivity index (χ4n) is 2.26. The molecule has 1 aromatic carbocycles. The molecule has 0 fully saturated rings. The van der Waals surface area contributed by atoms with Crippen LogP contribution in [-0.2, 0) is 16.0 Å². The van der Waals surface area contributed by atoms with Gasteiger partial charge in [-0.3, -0.25) is 9.59 Å². The molecular weight excluding hydrogens is 302 g/mol. The number of rotatable bonds is 9. The zero-order chi connectivity index (χ0) is 16.6. The normalized spacial score (nSPS) is 11.2. The van der Waals surface area contributed by atoms with Gasteiger partial charge in [0, 0.05) is 23.4 Å². The number of carboxylic acids is 1. The first kappa shape index (κ1) is 18.5. The molecule has 0 saturated carbocycles. The molecule has 0 aromatic heterocycles. The second kappa shape index (κ2) is 8.79. The third-order valence-electron chi connectivity index (χ3n) is 3.50. The van der Waals surface area contributed by atoms with Crippen molar-refractivity contribution in [1.82, 2.24) is 5.32 Å². The zero-order valence-electron chi connectivity index (χ0n) is 13.2. The number of amides is 1. The van der Waals surface area contributed by atoms with E-state index in [0.717, 1.165) is 18.4 Å². The van der Waals surface area contributed by atoms with E-state index in [1.165, 1.54) is 0 Å². The van der Waals surface area contributed by atoms with Crippen LogP contribution in [0.4, 0.5) is 0 Å². The smallest absolute Gasteiger partial charge is 0.303 e. The van der Waals surface area contributed by atoms with Gasteiger partial charge >= 0.3 is 5.97 Å². The Morgan fingerprint density at radius 1 is 1.23 bits per heavy atom. The Labute approximate surface area is 136 Å². The first-order valence-electron chi connectivity index (χ1n) is 7.56. The molecule has 4 nitrogen and oxygen atoms in total. The van der Waals surface area contributed by atoms with Crippen molar-refractivity contribution in [2.24, 2.45) is 5.41 Å². The summed E-state index contributed by atoms with van der Waals surface area (Å²) >= 11 is 5.97. The average molecular weight is 326 g/mol. The molecule has 0 bridgehead atoms. The maximum Gasteiger partial charge on any atom is 0.303 e. The summed E-state index contributed by atoms with van der Waals surface area (Å²) in [5, 5.41) is 12.1. The number of carbonyl (C=O) groups is 2. The lowest BCUT2D eigenvalue weighted by atomic mass is 9.85. The molecule has 0 aliphatic rings. The van der Waals surface area contributed by atoms with Crippen LogP contribution in [0.3, 0.4) is 0 Å². The predicted octanol–water partition coefficient (Wildman–Crippen LogP) is 3.67. The monoisotopic (exact) mass is 325 g/mol. The van der Waals surface area contributed by atoms with Gasteiger partial charge in [-0.15, -0.1) is 0 Å². The zero-order valence-corrected chi connectivity index (χ0v) is 13.9. The summed E-state index contributed by atoms with van der Waals surface area (Å²) in [4.78, 5) is 22.6. The summed E-state index contributed by atoms with van der Waals surface area (Å²) < 4.78 is 0. The molecule has 122 valence electrons. The van der Waals surface area contributed by atoms with Gasteiger partial charge in [-0.25, -0.2) is 0 Å². The minimum absolute atomic E-state index is 0.00529. The highest BCUT2D eigenvalue weighted by Crippen LogP contribution is 2.23. The highest BCUT2D eigenvalue weighted by molar-refractivity contribution is 6.30. The molecule has 1 aromatic rings. The van der Waals surface area contributed by atoms with Gasteiger partial charge in [0.25, 0.3) is 0 Å². The van der Waals surface area contributed by atoms with Gasteiger partial charge in [0.05, 0.1) is 0 Å². The molecule has 2 N–H and O–H groups in total. The number of hydrogen-bond acceptors (Lipinski definition) is 2. The highest BCUT2D eigenvalue weighted by atomic mass is 35.5. The Balaban J connectivity index is 2.35. The summed E-state index contributed by atoms with van der Waals surface area (Å²) in [5.41, 5.74) is 0.528. The van der Waals surface area contributed by atoms with E-state index < -0.39 is 11.4 Å². The number of carbonyl (C=O) groups excluding carboxylic acids is 1. The number of aliphatic carboxylic acids is 1. The third kappa shape index (κ3) is 6.94. The molecular formula is C17H24ClNO3. The van der Waals surface area contributed by atoms with Crippen molar-refractivity contribution in [3.8, 4) is 0 Å². The molecule has 0 heterocycles. The molecule has 1 rings (SSSR count). The summed E-state index contributed by atoms with van der Waals surface area (Å²) in [6.45, 7) is 4.40. The second-order valence-corrected chi connectivity index (χ2v) is 6.59. The van der Waals surface area contributed by atoms with Crippen LogP contribution in [-0.4, -0.2) is 23.5 Å². The minimum atomic E-state index is -0.772. The van der Waals surface area contributed by atoms with Crippen LogP contribution in [0.25, 0.3) is 0 Å². The molecule has 0 radical (unpaired) electrons. The molecule has 0 saturated heterocycles. The molecule has 0 aliphatic heterocycles. The lowest BCUT2D eigenvalue weighted by molar-refractivity contribution is -0.137. The second-order valence-electron chi connectivity index (χ2n) is 6.15. The minimum Gasteiger partial charge on any atom is -0.481 e. The fourth-order valence-corrected chi connectivity index (χ4v) is 2.47. The van der Waals surface area contributed by atoms with Crippen molar-refractivity contribution in [3.05, 3.63) is 34.9 Å². The Morgan fingerprint density at radius 3 is 2.59 bits per heavy atom. The Hall–Kier alpha value is -1.55. The number of unbranched alkanes of at least 4 members (excludes halogenated alkanes) is 2. The number of carboxylic acid groups (broad SMARTS) is 1. The molecule has 5 heteroatoms. The Bertz CT molecular complexity index is 514. The summed E-state index contributed by atoms with van der Waals surface area (Å²) in [5.74, 6) is -0.766. The van der Waals surface area contributed by atoms with E-state index in [4.69, 9.17) is 16.7 Å². The van der Waals surface area contributed by atoms with Gasteiger partial charge in [0.1, 0.15) is 0 Å². The lowest BCUT2D eigenvalue weighted by Gasteiger charge is -2.23. The van der Waals surface area contributed by atoms with E-state index in [0.29, 0.717) is 24.4 Å². The molecule has 0 atom stereocenters. The maximum absolute atomic E-state index is 12.3. The van der Waals surface area contributed by atoms with E-state index in [9.17, 15) is 9.59 Å². The van der Waals surface area contributed by atoms with Crippen LogP contribution in [0.5, 0.6) is 0 Å². The molecule has 0 spiro atoms. The van der Waals surface area contributed by atoms with Gasteiger partial charge in [0.2, 0.25) is 5.91 Å². The highest BCUT2D eigenvalue weighted by Gasteiger charge is 2.27. The van der Waals surface area contributed by atoms with Crippen molar-refractivity contribution < 1.29 is 14.7 Å². The Kier molecular flexibility index (Phi) is 7.39. The van der Waals surface area contributed by atoms with Crippen LogP contribution in [0.1, 0.15) is 45.1 Å². The first-order valence-corrected chi connectivity index (χ1v) is 7.93. The number of nitrogens with one attached hydrogen (secondary N) is 1. The lowest BCUT2D eigenvalue weighted by Crippen LogP contribution is -2.38. The number of halogens is 1. The molecule has 0 aliphatic carbocycles. The van der Waals surface area contributed by atoms with E-state index in [2.05, 4.69) is 5.32 Å². The van der Waals surface area contributed by atoms with Crippen molar-refractivity contribution >= 4 is 23.5 Å². The van der Waals surface area contributed by atoms with Gasteiger partial charge < -0.3 is 10.4 Å². The van der Waals surface area contributed by atoms with Crippen LogP contribution in [0.15, 0.2) is 24.3 Å². The number of hydrogen-bond donors (Lipinski definition) is 2. The van der Waals surface area contributed by atoms with Gasteiger partial charge in [0.15, 0.2) is 0 Å². The predicted molar refractivity (Wildman–Crippen MR) is 88.1 cm³/mol. The average Bonchev–Trinajstić information content (AvgIpc) is 2.41. The largest absolute Gasteiger partial charge is 0.481 e. The van der Waals surface area contributed by atoms with Gasteiger partial charge in [-0.1, -0.05) is 44.0 Å². The van der Waals surface area contributed by atoms with Gasteiger partial charge in [-0.05, 0) is 37.0 Å². The van der Waals surface area contributed by atoms with Crippen molar-refractivity contribution in [2.45, 2.75) is 46.0 Å². The third-order valence-corrected chi connectivity index (χ3v) is 3.74. The van der Waals surface area contributed by atoms with E-state index >= 15 is 0 Å². The summed E-state index contributed by atoms with van der Waals surface area (Å²) in [7, 11) is 0. The van der Waals surface area contributed by atoms with Crippen LogP contribution >= 0.6 is 11.6 Å². The first-order chi connectivity index (χ1) is 10.3. The maximum atomic E-state index is 12.3. The van der Waals surface area contributed by atoms with E-state index in [-0.39, 0.29) is 12.3 Å². The number of benzene rings is 1. The molecule has 0 unspecified atom stereocenters. The van der Waals surface area contributed by atoms with Crippen LogP contribution in [0, 0.1) is 5.41 Å². The topological polar surface area (TPSA) is 66.4 Å². The van der Waals surface area contributed by atoms with Gasteiger partial charge in [-0.2, -0.15) is 0 Å². The van der Waals surface area contributed by atoms with Crippen LogP contribution < -0.4 is 5.32 Å². The van der Waals surface area contributed by atoms with Crippen molar-refractivity contribution in [1.29, 1.82) is 0 Å². The van der Waals surface area contributed by atoms with E-state index in [1.807, 2.05) is 38.1 Å². The quantitative estimate of drug-likeness (QED) is 0.681. The van der Waals surface area contributed by atoms with Crippen molar-refractivity contribution in [3.63, 3.8) is 0 Å². The molecule has 22 heavy (non-hydrogen) atoms. The van der Waals surface area contributed by atoms with E-state index in [1.54, 1.807) is 0 Å². The Morgan fingerprint density at radius 2 is 1.95 bits per heavy atom.